The number of benzene rings is 1. The van der Waals surface area contributed by atoms with E-state index in [0.29, 0.717) is 23.7 Å². The topological polar surface area (TPSA) is 77.2 Å². The highest BCUT2D eigenvalue weighted by Crippen LogP contribution is 2.69. The molecule has 0 radical (unpaired) electrons. The van der Waals surface area contributed by atoms with E-state index in [4.69, 9.17) is 4.74 Å². The highest BCUT2D eigenvalue weighted by Gasteiger charge is 2.62. The van der Waals surface area contributed by atoms with Gasteiger partial charge in [-0.15, -0.1) is 5.10 Å². The SMILES string of the molecule is COCC[C@]12CC[C@@](C)(O)C[C@@H]1CC[C@H]1[C@@H]3CC[C@H](C(=O)Cn4nc5cc(F)cc(F)c5n4)[C@@]3(C)CC[C@@H]12. The van der Waals surface area contributed by atoms with Crippen LogP contribution in [0.2, 0.25) is 0 Å². The molecule has 4 saturated carbocycles. The lowest BCUT2D eigenvalue weighted by Crippen LogP contribution is -2.57. The second kappa shape index (κ2) is 9.33. The maximum atomic E-state index is 14.1. The maximum absolute atomic E-state index is 14.1. The van der Waals surface area contributed by atoms with Gasteiger partial charge in [-0.1, -0.05) is 6.92 Å². The lowest BCUT2D eigenvalue weighted by atomic mass is 9.42. The molecule has 1 heterocycles. The number of rotatable bonds is 6. The van der Waals surface area contributed by atoms with Gasteiger partial charge in [-0.05, 0) is 106 Å². The van der Waals surface area contributed by atoms with Gasteiger partial charge >= 0.3 is 0 Å². The molecule has 2 aromatic rings. The summed E-state index contributed by atoms with van der Waals surface area (Å²) < 4.78 is 33.4. The van der Waals surface area contributed by atoms with E-state index in [1.165, 1.54) is 11.2 Å². The molecular weight excluding hydrogens is 488 g/mol. The molecule has 6 rings (SSSR count). The van der Waals surface area contributed by atoms with E-state index in [2.05, 4.69) is 17.1 Å². The fourth-order valence-corrected chi connectivity index (χ4v) is 9.86. The molecule has 4 fully saturated rings. The summed E-state index contributed by atoms with van der Waals surface area (Å²) in [6.45, 7) is 5.09. The summed E-state index contributed by atoms with van der Waals surface area (Å²) in [5, 5.41) is 19.3. The minimum Gasteiger partial charge on any atom is -0.390 e. The Balaban J connectivity index is 1.22. The highest BCUT2D eigenvalue weighted by atomic mass is 19.1. The quantitative estimate of drug-likeness (QED) is 0.519. The molecule has 8 atom stereocenters. The molecule has 0 aliphatic heterocycles. The fourth-order valence-electron chi connectivity index (χ4n) is 9.86. The number of fused-ring (bicyclic) bond motifs is 6. The van der Waals surface area contributed by atoms with Gasteiger partial charge in [-0.3, -0.25) is 4.79 Å². The maximum Gasteiger partial charge on any atom is 0.159 e. The van der Waals surface area contributed by atoms with E-state index in [1.807, 2.05) is 6.92 Å². The van der Waals surface area contributed by atoms with Gasteiger partial charge in [0.2, 0.25) is 0 Å². The molecular formula is C30H41F2N3O3. The zero-order valence-electron chi connectivity index (χ0n) is 22.9. The molecule has 38 heavy (non-hydrogen) atoms. The molecule has 4 aliphatic rings. The van der Waals surface area contributed by atoms with Crippen LogP contribution in [0.3, 0.4) is 0 Å². The monoisotopic (exact) mass is 529 g/mol. The summed E-state index contributed by atoms with van der Waals surface area (Å²) in [6, 6.07) is 1.95. The second-order valence-corrected chi connectivity index (χ2v) is 13.5. The Hall–Kier alpha value is -1.93. The number of nitrogens with zero attached hydrogens (tertiary/aromatic N) is 3. The Morgan fingerprint density at radius 1 is 1.08 bits per heavy atom. The van der Waals surface area contributed by atoms with Gasteiger partial charge in [0.05, 0.1) is 5.60 Å². The molecule has 208 valence electrons. The van der Waals surface area contributed by atoms with Crippen LogP contribution in [0.25, 0.3) is 11.0 Å². The van der Waals surface area contributed by atoms with Crippen molar-refractivity contribution in [1.29, 1.82) is 0 Å². The minimum absolute atomic E-state index is 0.000190. The third-order valence-corrected chi connectivity index (χ3v) is 11.6. The predicted molar refractivity (Wildman–Crippen MR) is 139 cm³/mol. The summed E-state index contributed by atoms with van der Waals surface area (Å²) in [5.74, 6) is 0.851. The fraction of sp³-hybridized carbons (Fsp3) is 0.767. The third kappa shape index (κ3) is 4.12. The van der Waals surface area contributed by atoms with Gasteiger partial charge in [0.25, 0.3) is 0 Å². The van der Waals surface area contributed by atoms with Gasteiger partial charge in [0, 0.05) is 31.8 Å². The number of methoxy groups -OCH3 is 1. The zero-order chi connectivity index (χ0) is 26.9. The molecule has 0 spiro atoms. The molecule has 0 unspecified atom stereocenters. The van der Waals surface area contributed by atoms with Gasteiger partial charge in [-0.2, -0.15) is 9.90 Å². The Labute approximate surface area is 223 Å². The molecule has 4 aliphatic carbocycles. The first kappa shape index (κ1) is 26.3. The molecule has 1 N–H and O–H groups in total. The van der Waals surface area contributed by atoms with E-state index in [0.717, 1.165) is 76.5 Å². The molecule has 0 amide bonds. The average Bonchev–Trinajstić information content (AvgIpc) is 3.42. The normalized spacial score (nSPS) is 40.5. The van der Waals surface area contributed by atoms with E-state index in [-0.39, 0.29) is 40.1 Å². The number of carbonyl (C=O) groups is 1. The van der Waals surface area contributed by atoms with Crippen LogP contribution in [0.1, 0.15) is 78.1 Å². The van der Waals surface area contributed by atoms with E-state index in [1.54, 1.807) is 7.11 Å². The average molecular weight is 530 g/mol. The second-order valence-electron chi connectivity index (χ2n) is 13.5. The van der Waals surface area contributed by atoms with Crippen LogP contribution in [0.15, 0.2) is 12.1 Å². The lowest BCUT2D eigenvalue weighted by molar-refractivity contribution is -0.163. The number of aliphatic hydroxyl groups is 1. The van der Waals surface area contributed by atoms with Crippen LogP contribution in [0, 0.1) is 52.1 Å². The summed E-state index contributed by atoms with van der Waals surface area (Å²) >= 11 is 0. The molecule has 0 saturated heterocycles. The summed E-state index contributed by atoms with van der Waals surface area (Å²) in [4.78, 5) is 14.9. The Kier molecular flexibility index (Phi) is 6.45. The zero-order valence-corrected chi connectivity index (χ0v) is 22.9. The standard InChI is InChI=1S/C30H41F2N3O3/c1-28(37)10-11-30(12-13-38-3)18(16-28)4-5-20-21-6-7-23(29(21,2)9-8-22(20)30)26(36)17-35-33-25-15-19(31)14-24(32)27(25)34-35/h14-15,18,20-23,37H,4-13,16-17H2,1-3H3/t18-,20-,21-,22-,23+,28+,29-,30+/m0/s1. The number of Topliss-reactive ketones (excluding diaryl/α,β-unsaturated/α-hetero) is 1. The van der Waals surface area contributed by atoms with Crippen molar-refractivity contribution in [2.24, 2.45) is 40.4 Å². The summed E-state index contributed by atoms with van der Waals surface area (Å²) in [6.07, 6.45) is 10.3. The van der Waals surface area contributed by atoms with Crippen molar-refractivity contribution in [3.63, 3.8) is 0 Å². The molecule has 8 heteroatoms. The number of aromatic nitrogens is 3. The third-order valence-electron chi connectivity index (χ3n) is 11.6. The summed E-state index contributed by atoms with van der Waals surface area (Å²) in [7, 11) is 1.79. The van der Waals surface area contributed by atoms with Crippen molar-refractivity contribution in [3.05, 3.63) is 23.8 Å². The Morgan fingerprint density at radius 3 is 2.68 bits per heavy atom. The molecule has 6 nitrogen and oxygen atoms in total. The van der Waals surface area contributed by atoms with Crippen LogP contribution in [0.4, 0.5) is 8.78 Å². The molecule has 1 aromatic heterocycles. The van der Waals surface area contributed by atoms with Crippen LogP contribution < -0.4 is 0 Å². The molecule has 1 aromatic carbocycles. The van der Waals surface area contributed by atoms with Crippen LogP contribution in [-0.2, 0) is 16.1 Å². The van der Waals surface area contributed by atoms with Crippen molar-refractivity contribution >= 4 is 16.8 Å². The van der Waals surface area contributed by atoms with Crippen molar-refractivity contribution in [2.75, 3.05) is 13.7 Å². The van der Waals surface area contributed by atoms with Crippen molar-refractivity contribution in [2.45, 2.75) is 90.2 Å². The summed E-state index contributed by atoms with van der Waals surface area (Å²) in [5.41, 5.74) is -0.265. The predicted octanol–water partition coefficient (Wildman–Crippen LogP) is 5.71. The Bertz CT molecular complexity index is 1230. The Morgan fingerprint density at radius 2 is 1.89 bits per heavy atom. The number of halogens is 2. The van der Waals surface area contributed by atoms with Gasteiger partial charge in [-0.25, -0.2) is 8.78 Å². The molecule has 0 bridgehead atoms. The number of hydrogen-bond donors (Lipinski definition) is 1. The van der Waals surface area contributed by atoms with Crippen molar-refractivity contribution < 1.29 is 23.4 Å². The van der Waals surface area contributed by atoms with Gasteiger partial charge in [0.1, 0.15) is 23.4 Å². The van der Waals surface area contributed by atoms with Crippen LogP contribution in [0.5, 0.6) is 0 Å². The number of ketones is 1. The van der Waals surface area contributed by atoms with Crippen LogP contribution in [-0.4, -0.2) is 45.2 Å². The first-order valence-corrected chi connectivity index (χ1v) is 14.5. The minimum atomic E-state index is -0.757. The van der Waals surface area contributed by atoms with Crippen molar-refractivity contribution in [1.82, 2.24) is 15.0 Å². The van der Waals surface area contributed by atoms with Gasteiger partial charge in [0.15, 0.2) is 11.6 Å². The van der Waals surface area contributed by atoms with Crippen LogP contribution >= 0.6 is 0 Å². The number of hydrogen-bond acceptors (Lipinski definition) is 5. The van der Waals surface area contributed by atoms with Gasteiger partial charge < -0.3 is 9.84 Å². The first-order valence-electron chi connectivity index (χ1n) is 14.5. The van der Waals surface area contributed by atoms with E-state index in [9.17, 15) is 18.7 Å². The van der Waals surface area contributed by atoms with E-state index < -0.39 is 17.2 Å². The van der Waals surface area contributed by atoms with E-state index >= 15 is 0 Å². The smallest absolute Gasteiger partial charge is 0.159 e. The number of carbonyl (C=O) groups excluding carboxylic acids is 1. The number of ether oxygens (including phenoxy) is 1. The first-order chi connectivity index (χ1) is 18.1. The van der Waals surface area contributed by atoms with Crippen molar-refractivity contribution in [3.8, 4) is 0 Å². The highest BCUT2D eigenvalue weighted by molar-refractivity contribution is 5.82. The largest absolute Gasteiger partial charge is 0.390 e. The lowest BCUT2D eigenvalue weighted by Gasteiger charge is -2.63.